The predicted molar refractivity (Wildman–Crippen MR) is 71.4 cm³/mol. The second-order valence-corrected chi connectivity index (χ2v) is 5.26. The van der Waals surface area contributed by atoms with Crippen molar-refractivity contribution < 1.29 is 4.74 Å². The van der Waals surface area contributed by atoms with E-state index in [4.69, 9.17) is 4.74 Å². The molecule has 0 aliphatic heterocycles. The summed E-state index contributed by atoms with van der Waals surface area (Å²) >= 11 is 0. The number of hydrogen-bond donors (Lipinski definition) is 1. The number of benzene rings is 1. The zero-order valence-corrected chi connectivity index (χ0v) is 11.1. The Bertz CT molecular complexity index is 371. The summed E-state index contributed by atoms with van der Waals surface area (Å²) in [7, 11) is 2.05. The van der Waals surface area contributed by atoms with E-state index in [9.17, 15) is 0 Å². The monoisotopic (exact) mass is 233 g/mol. The molecular weight excluding hydrogens is 210 g/mol. The number of para-hydroxylation sites is 1. The van der Waals surface area contributed by atoms with Gasteiger partial charge in [-0.3, -0.25) is 0 Å². The van der Waals surface area contributed by atoms with Gasteiger partial charge in [-0.15, -0.1) is 0 Å². The van der Waals surface area contributed by atoms with Gasteiger partial charge < -0.3 is 10.1 Å². The first-order valence-corrected chi connectivity index (χ1v) is 6.60. The SMILES string of the molecule is CCCOc1ccccc1C(NC)C1(C)CC1. The highest BCUT2D eigenvalue weighted by atomic mass is 16.5. The topological polar surface area (TPSA) is 21.3 Å². The molecule has 1 fully saturated rings. The minimum atomic E-state index is 0.413. The van der Waals surface area contributed by atoms with Crippen LogP contribution in [0.15, 0.2) is 24.3 Å². The molecule has 94 valence electrons. The van der Waals surface area contributed by atoms with Crippen molar-refractivity contribution >= 4 is 0 Å². The molecule has 2 nitrogen and oxygen atoms in total. The fourth-order valence-corrected chi connectivity index (χ4v) is 2.43. The maximum Gasteiger partial charge on any atom is 0.124 e. The molecule has 0 amide bonds. The second-order valence-electron chi connectivity index (χ2n) is 5.26. The highest BCUT2D eigenvalue weighted by molar-refractivity contribution is 5.38. The van der Waals surface area contributed by atoms with Crippen LogP contribution >= 0.6 is 0 Å². The van der Waals surface area contributed by atoms with E-state index < -0.39 is 0 Å². The van der Waals surface area contributed by atoms with E-state index in [-0.39, 0.29) is 0 Å². The van der Waals surface area contributed by atoms with Crippen molar-refractivity contribution in [3.05, 3.63) is 29.8 Å². The predicted octanol–water partition coefficient (Wildman–Crippen LogP) is 3.54. The van der Waals surface area contributed by atoms with Crippen LogP contribution in [0.5, 0.6) is 5.75 Å². The van der Waals surface area contributed by atoms with E-state index >= 15 is 0 Å². The van der Waals surface area contributed by atoms with Gasteiger partial charge in [0.25, 0.3) is 0 Å². The third-order valence-electron chi connectivity index (χ3n) is 3.72. The lowest BCUT2D eigenvalue weighted by Crippen LogP contribution is -2.25. The van der Waals surface area contributed by atoms with Crippen molar-refractivity contribution in [2.24, 2.45) is 5.41 Å². The van der Waals surface area contributed by atoms with Crippen LogP contribution in [0, 0.1) is 5.41 Å². The van der Waals surface area contributed by atoms with Crippen molar-refractivity contribution in [3.63, 3.8) is 0 Å². The average molecular weight is 233 g/mol. The minimum Gasteiger partial charge on any atom is -0.493 e. The zero-order valence-electron chi connectivity index (χ0n) is 11.1. The summed E-state index contributed by atoms with van der Waals surface area (Å²) in [5.74, 6) is 1.04. The van der Waals surface area contributed by atoms with Gasteiger partial charge in [0.2, 0.25) is 0 Å². The normalized spacial score (nSPS) is 18.8. The summed E-state index contributed by atoms with van der Waals surface area (Å²) in [6.45, 7) is 5.29. The van der Waals surface area contributed by atoms with Gasteiger partial charge in [-0.1, -0.05) is 32.0 Å². The lowest BCUT2D eigenvalue weighted by molar-refractivity contribution is 0.300. The Morgan fingerprint density at radius 1 is 1.35 bits per heavy atom. The maximum atomic E-state index is 5.85. The van der Waals surface area contributed by atoms with E-state index in [1.807, 2.05) is 7.05 Å². The Hall–Kier alpha value is -1.02. The fraction of sp³-hybridized carbons (Fsp3) is 0.600. The number of ether oxygens (including phenoxy) is 1. The van der Waals surface area contributed by atoms with Gasteiger partial charge in [0.15, 0.2) is 0 Å². The Morgan fingerprint density at radius 2 is 2.06 bits per heavy atom. The summed E-state index contributed by atoms with van der Waals surface area (Å²) in [6.07, 6.45) is 3.66. The highest BCUT2D eigenvalue weighted by Gasteiger charge is 2.45. The second kappa shape index (κ2) is 5.09. The third kappa shape index (κ3) is 2.63. The van der Waals surface area contributed by atoms with E-state index in [0.717, 1.165) is 18.8 Å². The van der Waals surface area contributed by atoms with Crippen molar-refractivity contribution in [3.8, 4) is 5.75 Å². The van der Waals surface area contributed by atoms with Gasteiger partial charge in [-0.2, -0.15) is 0 Å². The minimum absolute atomic E-state index is 0.413. The summed E-state index contributed by atoms with van der Waals surface area (Å²) in [5.41, 5.74) is 1.73. The molecule has 2 rings (SSSR count). The smallest absolute Gasteiger partial charge is 0.124 e. The summed E-state index contributed by atoms with van der Waals surface area (Å²) < 4.78 is 5.85. The Kier molecular flexibility index (Phi) is 3.72. The van der Waals surface area contributed by atoms with Crippen LogP contribution in [-0.2, 0) is 0 Å². The molecule has 1 aromatic carbocycles. The summed E-state index contributed by atoms with van der Waals surface area (Å²) in [4.78, 5) is 0. The molecule has 1 unspecified atom stereocenters. The first kappa shape index (κ1) is 12.4. The molecule has 17 heavy (non-hydrogen) atoms. The van der Waals surface area contributed by atoms with Crippen LogP contribution in [-0.4, -0.2) is 13.7 Å². The molecular formula is C15H23NO. The number of nitrogens with one attached hydrogen (secondary N) is 1. The quantitative estimate of drug-likeness (QED) is 0.811. The van der Waals surface area contributed by atoms with Crippen molar-refractivity contribution in [1.82, 2.24) is 5.32 Å². The molecule has 0 aromatic heterocycles. The molecule has 0 radical (unpaired) electrons. The third-order valence-corrected chi connectivity index (χ3v) is 3.72. The van der Waals surface area contributed by atoms with Crippen LogP contribution in [0.25, 0.3) is 0 Å². The average Bonchev–Trinajstić information content (AvgIpc) is 3.08. The molecule has 0 spiro atoms. The molecule has 2 heteroatoms. The highest BCUT2D eigenvalue weighted by Crippen LogP contribution is 2.55. The zero-order chi connectivity index (χ0) is 12.3. The van der Waals surface area contributed by atoms with E-state index in [1.165, 1.54) is 18.4 Å². The van der Waals surface area contributed by atoms with Crippen molar-refractivity contribution in [1.29, 1.82) is 0 Å². The van der Waals surface area contributed by atoms with E-state index in [1.54, 1.807) is 0 Å². The van der Waals surface area contributed by atoms with Crippen LogP contribution < -0.4 is 10.1 Å². The first-order chi connectivity index (χ1) is 8.21. The maximum absolute atomic E-state index is 5.85. The van der Waals surface area contributed by atoms with Gasteiger partial charge in [0, 0.05) is 11.6 Å². The molecule has 1 aliphatic carbocycles. The lowest BCUT2D eigenvalue weighted by Gasteiger charge is -2.25. The van der Waals surface area contributed by atoms with Gasteiger partial charge in [0.1, 0.15) is 5.75 Å². The van der Waals surface area contributed by atoms with Crippen LogP contribution in [0.3, 0.4) is 0 Å². The van der Waals surface area contributed by atoms with Crippen LogP contribution in [0.1, 0.15) is 44.7 Å². The summed E-state index contributed by atoms with van der Waals surface area (Å²) in [6, 6.07) is 8.84. The fourth-order valence-electron chi connectivity index (χ4n) is 2.43. The van der Waals surface area contributed by atoms with Crippen molar-refractivity contribution in [2.45, 2.75) is 39.2 Å². The van der Waals surface area contributed by atoms with Gasteiger partial charge >= 0.3 is 0 Å². The molecule has 0 bridgehead atoms. The van der Waals surface area contributed by atoms with Gasteiger partial charge in [-0.25, -0.2) is 0 Å². The molecule has 1 aliphatic rings. The summed E-state index contributed by atoms with van der Waals surface area (Å²) in [5, 5.41) is 3.46. The van der Waals surface area contributed by atoms with Gasteiger partial charge in [0.05, 0.1) is 6.61 Å². The van der Waals surface area contributed by atoms with Crippen molar-refractivity contribution in [2.75, 3.05) is 13.7 Å². The molecule has 0 heterocycles. The Morgan fingerprint density at radius 3 is 2.65 bits per heavy atom. The molecule has 0 saturated heterocycles. The lowest BCUT2D eigenvalue weighted by atomic mass is 9.91. The number of rotatable bonds is 6. The van der Waals surface area contributed by atoms with Gasteiger partial charge in [-0.05, 0) is 37.8 Å². The molecule has 1 N–H and O–H groups in total. The van der Waals surface area contributed by atoms with Crippen LogP contribution in [0.4, 0.5) is 0 Å². The van der Waals surface area contributed by atoms with Crippen LogP contribution in [0.2, 0.25) is 0 Å². The standard InChI is InChI=1S/C15H23NO/c1-4-11-17-13-8-6-5-7-12(13)14(16-3)15(2)9-10-15/h5-8,14,16H,4,9-11H2,1-3H3. The number of hydrogen-bond acceptors (Lipinski definition) is 2. The first-order valence-electron chi connectivity index (χ1n) is 6.60. The van der Waals surface area contributed by atoms with E-state index in [2.05, 4.69) is 43.4 Å². The Balaban J connectivity index is 2.23. The molecule has 1 atom stereocenters. The largest absolute Gasteiger partial charge is 0.493 e. The molecule has 1 aromatic rings. The van der Waals surface area contributed by atoms with E-state index in [0.29, 0.717) is 11.5 Å². The molecule has 1 saturated carbocycles. The Labute approximate surface area is 104 Å².